The molecular formula is C20H27N3O2S. The summed E-state index contributed by atoms with van der Waals surface area (Å²) in [7, 11) is 0. The van der Waals surface area contributed by atoms with Crippen molar-refractivity contribution in [3.8, 4) is 11.3 Å². The van der Waals surface area contributed by atoms with E-state index in [2.05, 4.69) is 10.3 Å². The molecular weight excluding hydrogens is 346 g/mol. The summed E-state index contributed by atoms with van der Waals surface area (Å²) in [6.45, 7) is 6.70. The number of nitrogens with zero attached hydrogens (tertiary/aromatic N) is 2. The standard InChI is InChI=1S/C20H27N3O2S/c1-4-12-23(19(25)15(5-2)6-3)13-18(24)22-20-21-17(14-26-20)16-10-8-7-9-11-16/h7-11,14-15H,4-6,12-13H2,1-3H3,(H,21,22,24). The van der Waals surface area contributed by atoms with Crippen LogP contribution in [0, 0.1) is 5.92 Å². The Hall–Kier alpha value is -2.21. The molecule has 0 aliphatic rings. The molecule has 1 N–H and O–H groups in total. The third-order valence-corrected chi connectivity index (χ3v) is 5.05. The quantitative estimate of drug-likeness (QED) is 0.707. The minimum absolute atomic E-state index is 0.0149. The molecule has 0 fully saturated rings. The maximum atomic E-state index is 12.6. The van der Waals surface area contributed by atoms with E-state index in [0.717, 1.165) is 30.5 Å². The maximum Gasteiger partial charge on any atom is 0.245 e. The molecule has 0 bridgehead atoms. The SMILES string of the molecule is CCCN(CC(=O)Nc1nc(-c2ccccc2)cs1)C(=O)C(CC)CC. The number of amides is 2. The maximum absolute atomic E-state index is 12.6. The van der Waals surface area contributed by atoms with Gasteiger partial charge in [-0.2, -0.15) is 0 Å². The fourth-order valence-electron chi connectivity index (χ4n) is 2.84. The first-order chi connectivity index (χ1) is 12.6. The van der Waals surface area contributed by atoms with Gasteiger partial charge >= 0.3 is 0 Å². The van der Waals surface area contributed by atoms with Crippen LogP contribution in [0.3, 0.4) is 0 Å². The number of benzene rings is 1. The molecule has 1 heterocycles. The molecule has 0 spiro atoms. The summed E-state index contributed by atoms with van der Waals surface area (Å²) in [5, 5.41) is 5.30. The minimum Gasteiger partial charge on any atom is -0.333 e. The highest BCUT2D eigenvalue weighted by Gasteiger charge is 2.23. The molecule has 1 aromatic carbocycles. The first-order valence-electron chi connectivity index (χ1n) is 9.18. The van der Waals surface area contributed by atoms with Crippen LogP contribution in [-0.2, 0) is 9.59 Å². The van der Waals surface area contributed by atoms with Gasteiger partial charge in [0.2, 0.25) is 11.8 Å². The number of aromatic nitrogens is 1. The van der Waals surface area contributed by atoms with Crippen LogP contribution in [0.4, 0.5) is 5.13 Å². The van der Waals surface area contributed by atoms with E-state index in [1.54, 1.807) is 4.90 Å². The molecule has 2 aromatic rings. The van der Waals surface area contributed by atoms with Gasteiger partial charge in [-0.25, -0.2) is 4.98 Å². The van der Waals surface area contributed by atoms with Crippen molar-refractivity contribution in [2.75, 3.05) is 18.4 Å². The van der Waals surface area contributed by atoms with Crippen molar-refractivity contribution >= 4 is 28.3 Å². The van der Waals surface area contributed by atoms with Crippen LogP contribution >= 0.6 is 11.3 Å². The zero-order chi connectivity index (χ0) is 18.9. The van der Waals surface area contributed by atoms with Crippen LogP contribution in [0.25, 0.3) is 11.3 Å². The number of nitrogens with one attached hydrogen (secondary N) is 1. The third-order valence-electron chi connectivity index (χ3n) is 4.29. The summed E-state index contributed by atoms with van der Waals surface area (Å²) in [6, 6.07) is 9.84. The van der Waals surface area contributed by atoms with Gasteiger partial charge in [0, 0.05) is 23.4 Å². The van der Waals surface area contributed by atoms with Gasteiger partial charge < -0.3 is 10.2 Å². The summed E-state index contributed by atoms with van der Waals surface area (Å²) in [5.41, 5.74) is 1.85. The summed E-state index contributed by atoms with van der Waals surface area (Å²) in [5.74, 6) is -0.151. The Morgan fingerprint density at radius 1 is 1.15 bits per heavy atom. The van der Waals surface area contributed by atoms with Gasteiger partial charge in [-0.05, 0) is 19.3 Å². The Morgan fingerprint density at radius 2 is 1.85 bits per heavy atom. The van der Waals surface area contributed by atoms with E-state index in [9.17, 15) is 9.59 Å². The van der Waals surface area contributed by atoms with E-state index in [4.69, 9.17) is 0 Å². The summed E-state index contributed by atoms with van der Waals surface area (Å²) in [6.07, 6.45) is 2.42. The minimum atomic E-state index is -0.202. The highest BCUT2D eigenvalue weighted by molar-refractivity contribution is 7.14. The van der Waals surface area contributed by atoms with Gasteiger partial charge in [0.15, 0.2) is 5.13 Å². The van der Waals surface area contributed by atoms with Crippen LogP contribution in [0.2, 0.25) is 0 Å². The molecule has 6 heteroatoms. The molecule has 0 unspecified atom stereocenters. The fourth-order valence-corrected chi connectivity index (χ4v) is 3.57. The van der Waals surface area contributed by atoms with Crippen LogP contribution in [0.15, 0.2) is 35.7 Å². The van der Waals surface area contributed by atoms with Crippen LogP contribution in [0.5, 0.6) is 0 Å². The molecule has 0 saturated heterocycles. The second-order valence-corrected chi connectivity index (χ2v) is 7.08. The Kier molecular flexibility index (Phi) is 7.78. The van der Waals surface area contributed by atoms with Crippen molar-refractivity contribution in [2.24, 2.45) is 5.92 Å². The Labute approximate surface area is 159 Å². The molecule has 26 heavy (non-hydrogen) atoms. The summed E-state index contributed by atoms with van der Waals surface area (Å²) >= 11 is 1.39. The van der Waals surface area contributed by atoms with Crippen molar-refractivity contribution in [3.63, 3.8) is 0 Å². The Balaban J connectivity index is 2.00. The first kappa shape index (κ1) is 20.1. The highest BCUT2D eigenvalue weighted by atomic mass is 32.1. The lowest BCUT2D eigenvalue weighted by Crippen LogP contribution is -2.41. The lowest BCUT2D eigenvalue weighted by molar-refractivity contribution is -0.138. The zero-order valence-corrected chi connectivity index (χ0v) is 16.5. The predicted octanol–water partition coefficient (Wildman–Crippen LogP) is 4.42. The lowest BCUT2D eigenvalue weighted by atomic mass is 10.0. The van der Waals surface area contributed by atoms with Gasteiger partial charge in [-0.3, -0.25) is 9.59 Å². The van der Waals surface area contributed by atoms with Gasteiger partial charge in [-0.1, -0.05) is 51.1 Å². The van der Waals surface area contributed by atoms with E-state index in [1.165, 1.54) is 11.3 Å². The van der Waals surface area contributed by atoms with E-state index in [1.807, 2.05) is 56.5 Å². The smallest absolute Gasteiger partial charge is 0.245 e. The fraction of sp³-hybridized carbons (Fsp3) is 0.450. The number of thiazole rings is 1. The highest BCUT2D eigenvalue weighted by Crippen LogP contribution is 2.24. The van der Waals surface area contributed by atoms with Crippen molar-refractivity contribution < 1.29 is 9.59 Å². The van der Waals surface area contributed by atoms with Crippen molar-refractivity contribution in [1.82, 2.24) is 9.88 Å². The molecule has 140 valence electrons. The van der Waals surface area contributed by atoms with Crippen LogP contribution in [0.1, 0.15) is 40.0 Å². The zero-order valence-electron chi connectivity index (χ0n) is 15.7. The van der Waals surface area contributed by atoms with Gasteiger partial charge in [0.05, 0.1) is 12.2 Å². The van der Waals surface area contributed by atoms with Crippen molar-refractivity contribution in [2.45, 2.75) is 40.0 Å². The average molecular weight is 374 g/mol. The van der Waals surface area contributed by atoms with Crippen molar-refractivity contribution in [3.05, 3.63) is 35.7 Å². The molecule has 0 aliphatic heterocycles. The number of anilines is 1. The van der Waals surface area contributed by atoms with E-state index >= 15 is 0 Å². The molecule has 0 radical (unpaired) electrons. The summed E-state index contributed by atoms with van der Waals surface area (Å²) in [4.78, 5) is 31.1. The van der Waals surface area contributed by atoms with Gasteiger partial charge in [0.25, 0.3) is 0 Å². The monoisotopic (exact) mass is 373 g/mol. The molecule has 0 aliphatic carbocycles. The molecule has 5 nitrogen and oxygen atoms in total. The number of carbonyl (C=O) groups excluding carboxylic acids is 2. The lowest BCUT2D eigenvalue weighted by Gasteiger charge is -2.25. The Morgan fingerprint density at radius 3 is 2.46 bits per heavy atom. The van der Waals surface area contributed by atoms with E-state index in [-0.39, 0.29) is 24.3 Å². The predicted molar refractivity (Wildman–Crippen MR) is 107 cm³/mol. The topological polar surface area (TPSA) is 62.3 Å². The van der Waals surface area contributed by atoms with E-state index < -0.39 is 0 Å². The van der Waals surface area contributed by atoms with Gasteiger partial charge in [0.1, 0.15) is 0 Å². The normalized spacial score (nSPS) is 10.8. The molecule has 0 atom stereocenters. The third kappa shape index (κ3) is 5.39. The second-order valence-electron chi connectivity index (χ2n) is 6.23. The summed E-state index contributed by atoms with van der Waals surface area (Å²) < 4.78 is 0. The number of carbonyl (C=O) groups is 2. The molecule has 0 saturated carbocycles. The second kappa shape index (κ2) is 10.1. The molecule has 2 amide bonds. The molecule has 2 rings (SSSR count). The number of rotatable bonds is 9. The Bertz CT molecular complexity index is 711. The van der Waals surface area contributed by atoms with Crippen LogP contribution < -0.4 is 5.32 Å². The number of hydrogen-bond acceptors (Lipinski definition) is 4. The van der Waals surface area contributed by atoms with Crippen molar-refractivity contribution in [1.29, 1.82) is 0 Å². The van der Waals surface area contributed by atoms with E-state index in [0.29, 0.717) is 11.7 Å². The molecule has 1 aromatic heterocycles. The average Bonchev–Trinajstić information content (AvgIpc) is 3.11. The van der Waals surface area contributed by atoms with Crippen LogP contribution in [-0.4, -0.2) is 34.8 Å². The number of hydrogen-bond donors (Lipinski definition) is 1. The first-order valence-corrected chi connectivity index (χ1v) is 10.1. The van der Waals surface area contributed by atoms with Gasteiger partial charge in [-0.15, -0.1) is 11.3 Å². The largest absolute Gasteiger partial charge is 0.333 e.